The second kappa shape index (κ2) is 5.94. The minimum atomic E-state index is 0.429. The van der Waals surface area contributed by atoms with Crippen molar-refractivity contribution in [1.82, 2.24) is 15.2 Å². The third-order valence-electron chi connectivity index (χ3n) is 3.76. The Morgan fingerprint density at radius 1 is 1.59 bits per heavy atom. The Morgan fingerprint density at radius 3 is 3.06 bits per heavy atom. The summed E-state index contributed by atoms with van der Waals surface area (Å²) in [6.45, 7) is 6.68. The van der Waals surface area contributed by atoms with E-state index in [2.05, 4.69) is 36.1 Å². The number of aromatic nitrogens is 1. The lowest BCUT2D eigenvalue weighted by molar-refractivity contribution is 0.178. The standard InChI is InChI=1S/C13H23N3S/c1-10(13-11(2)15-9-17-13)14-8-12-6-4-5-7-16(12)3/h9-10,12,14H,4-8H2,1-3H3. The van der Waals surface area contributed by atoms with Crippen molar-refractivity contribution in [2.75, 3.05) is 20.1 Å². The van der Waals surface area contributed by atoms with Crippen LogP contribution in [0.4, 0.5) is 0 Å². The zero-order chi connectivity index (χ0) is 12.3. The molecule has 17 heavy (non-hydrogen) atoms. The molecule has 0 bridgehead atoms. The number of nitrogens with zero attached hydrogens (tertiary/aromatic N) is 2. The number of piperidine rings is 1. The zero-order valence-electron chi connectivity index (χ0n) is 11.1. The van der Waals surface area contributed by atoms with E-state index in [1.54, 1.807) is 11.3 Å². The van der Waals surface area contributed by atoms with E-state index in [1.165, 1.54) is 36.4 Å². The van der Waals surface area contributed by atoms with Crippen molar-refractivity contribution in [2.24, 2.45) is 0 Å². The molecule has 3 nitrogen and oxygen atoms in total. The lowest BCUT2D eigenvalue weighted by atomic mass is 10.0. The number of nitrogens with one attached hydrogen (secondary N) is 1. The highest BCUT2D eigenvalue weighted by Crippen LogP contribution is 2.22. The van der Waals surface area contributed by atoms with Crippen LogP contribution in [0.15, 0.2) is 5.51 Å². The average Bonchev–Trinajstić information content (AvgIpc) is 2.74. The van der Waals surface area contributed by atoms with E-state index in [-0.39, 0.29) is 0 Å². The average molecular weight is 253 g/mol. The molecule has 0 aromatic carbocycles. The first-order valence-corrected chi connectivity index (χ1v) is 7.40. The molecule has 2 atom stereocenters. The van der Waals surface area contributed by atoms with Crippen molar-refractivity contribution in [1.29, 1.82) is 0 Å². The van der Waals surface area contributed by atoms with Crippen LogP contribution in [-0.4, -0.2) is 36.1 Å². The van der Waals surface area contributed by atoms with Gasteiger partial charge in [-0.2, -0.15) is 0 Å². The molecular formula is C13H23N3S. The lowest BCUT2D eigenvalue weighted by Gasteiger charge is -2.33. The number of hydrogen-bond donors (Lipinski definition) is 1. The van der Waals surface area contributed by atoms with Gasteiger partial charge in [-0.1, -0.05) is 6.42 Å². The fourth-order valence-corrected chi connectivity index (χ4v) is 3.37. The first-order chi connectivity index (χ1) is 8.18. The number of hydrogen-bond acceptors (Lipinski definition) is 4. The van der Waals surface area contributed by atoms with Gasteiger partial charge in [0.05, 0.1) is 11.2 Å². The molecule has 96 valence electrons. The molecule has 1 aromatic rings. The van der Waals surface area contributed by atoms with E-state index < -0.39 is 0 Å². The lowest BCUT2D eigenvalue weighted by Crippen LogP contribution is -2.43. The molecule has 1 aromatic heterocycles. The first kappa shape index (κ1) is 13.0. The molecule has 0 radical (unpaired) electrons. The van der Waals surface area contributed by atoms with Crippen molar-refractivity contribution in [2.45, 2.75) is 45.2 Å². The molecule has 1 N–H and O–H groups in total. The molecular weight excluding hydrogens is 230 g/mol. The highest BCUT2D eigenvalue weighted by molar-refractivity contribution is 7.09. The molecule has 0 saturated carbocycles. The molecule has 0 amide bonds. The Bertz CT molecular complexity index is 350. The van der Waals surface area contributed by atoms with Gasteiger partial charge in [0.2, 0.25) is 0 Å². The van der Waals surface area contributed by atoms with Crippen molar-refractivity contribution in [3.05, 3.63) is 16.1 Å². The van der Waals surface area contributed by atoms with Crippen LogP contribution in [0.2, 0.25) is 0 Å². The van der Waals surface area contributed by atoms with Crippen LogP contribution in [0.3, 0.4) is 0 Å². The highest BCUT2D eigenvalue weighted by Gasteiger charge is 2.20. The van der Waals surface area contributed by atoms with Gasteiger partial charge in [-0.15, -0.1) is 11.3 Å². The van der Waals surface area contributed by atoms with E-state index in [9.17, 15) is 0 Å². The fourth-order valence-electron chi connectivity index (χ4n) is 2.53. The minimum absolute atomic E-state index is 0.429. The number of thiazole rings is 1. The van der Waals surface area contributed by atoms with Crippen molar-refractivity contribution in [3.63, 3.8) is 0 Å². The number of aryl methyl sites for hydroxylation is 1. The van der Waals surface area contributed by atoms with Crippen LogP contribution in [-0.2, 0) is 0 Å². The smallest absolute Gasteiger partial charge is 0.0798 e. The summed E-state index contributed by atoms with van der Waals surface area (Å²) in [4.78, 5) is 8.18. The second-order valence-electron chi connectivity index (χ2n) is 5.06. The molecule has 1 aliphatic rings. The maximum Gasteiger partial charge on any atom is 0.0798 e. The molecule has 2 heterocycles. The van der Waals surface area contributed by atoms with Crippen LogP contribution < -0.4 is 5.32 Å². The Morgan fingerprint density at radius 2 is 2.41 bits per heavy atom. The predicted octanol–water partition coefficient (Wildman–Crippen LogP) is 2.59. The van der Waals surface area contributed by atoms with E-state index in [0.717, 1.165) is 6.54 Å². The maximum atomic E-state index is 4.32. The maximum absolute atomic E-state index is 4.32. The van der Waals surface area contributed by atoms with Crippen molar-refractivity contribution >= 4 is 11.3 Å². The van der Waals surface area contributed by atoms with Gasteiger partial charge >= 0.3 is 0 Å². The Kier molecular flexibility index (Phi) is 4.54. The van der Waals surface area contributed by atoms with Gasteiger partial charge in [0, 0.05) is 23.5 Å². The van der Waals surface area contributed by atoms with Crippen LogP contribution in [0.1, 0.15) is 42.8 Å². The predicted molar refractivity (Wildman–Crippen MR) is 73.5 cm³/mol. The van der Waals surface area contributed by atoms with Gasteiger partial charge in [-0.05, 0) is 40.3 Å². The molecule has 1 aliphatic heterocycles. The van der Waals surface area contributed by atoms with E-state index in [1.807, 2.05) is 5.51 Å². The van der Waals surface area contributed by atoms with Crippen LogP contribution in [0.5, 0.6) is 0 Å². The van der Waals surface area contributed by atoms with Crippen LogP contribution >= 0.6 is 11.3 Å². The topological polar surface area (TPSA) is 28.2 Å². The monoisotopic (exact) mass is 253 g/mol. The normalized spacial score (nSPS) is 23.8. The van der Waals surface area contributed by atoms with Gasteiger partial charge in [0.15, 0.2) is 0 Å². The minimum Gasteiger partial charge on any atom is -0.308 e. The van der Waals surface area contributed by atoms with E-state index >= 15 is 0 Å². The summed E-state index contributed by atoms with van der Waals surface area (Å²) in [6.07, 6.45) is 4.07. The molecule has 1 fully saturated rings. The SMILES string of the molecule is Cc1ncsc1C(C)NCC1CCCCN1C. The van der Waals surface area contributed by atoms with Crippen LogP contribution in [0, 0.1) is 6.92 Å². The van der Waals surface area contributed by atoms with Crippen molar-refractivity contribution < 1.29 is 0 Å². The van der Waals surface area contributed by atoms with Gasteiger partial charge in [-0.25, -0.2) is 4.98 Å². The van der Waals surface area contributed by atoms with Gasteiger partial charge in [-0.3, -0.25) is 0 Å². The first-order valence-electron chi connectivity index (χ1n) is 6.52. The summed E-state index contributed by atoms with van der Waals surface area (Å²) in [5.74, 6) is 0. The van der Waals surface area contributed by atoms with Gasteiger partial charge in [0.25, 0.3) is 0 Å². The van der Waals surface area contributed by atoms with E-state index in [0.29, 0.717) is 12.1 Å². The molecule has 4 heteroatoms. The fraction of sp³-hybridized carbons (Fsp3) is 0.769. The highest BCUT2D eigenvalue weighted by atomic mass is 32.1. The largest absolute Gasteiger partial charge is 0.308 e. The summed E-state index contributed by atoms with van der Waals surface area (Å²) in [6, 6.07) is 1.14. The molecule has 0 aliphatic carbocycles. The summed E-state index contributed by atoms with van der Waals surface area (Å²) < 4.78 is 0. The molecule has 1 saturated heterocycles. The number of likely N-dealkylation sites (tertiary alicyclic amines) is 1. The van der Waals surface area contributed by atoms with Crippen molar-refractivity contribution in [3.8, 4) is 0 Å². The molecule has 2 rings (SSSR count). The van der Waals surface area contributed by atoms with Crippen LogP contribution in [0.25, 0.3) is 0 Å². The zero-order valence-corrected chi connectivity index (χ0v) is 11.9. The summed E-state index contributed by atoms with van der Waals surface area (Å²) in [5.41, 5.74) is 3.11. The molecule has 0 spiro atoms. The Balaban J connectivity index is 1.83. The van der Waals surface area contributed by atoms with Gasteiger partial charge in [0.1, 0.15) is 0 Å². The quantitative estimate of drug-likeness (QED) is 0.894. The second-order valence-corrected chi connectivity index (χ2v) is 5.95. The summed E-state index contributed by atoms with van der Waals surface area (Å²) >= 11 is 1.76. The number of rotatable bonds is 4. The summed E-state index contributed by atoms with van der Waals surface area (Å²) in [7, 11) is 2.24. The Hall–Kier alpha value is -0.450. The molecule has 2 unspecified atom stereocenters. The Labute approximate surface area is 108 Å². The van der Waals surface area contributed by atoms with E-state index in [4.69, 9.17) is 0 Å². The number of likely N-dealkylation sites (N-methyl/N-ethyl adjacent to an activating group) is 1. The summed E-state index contributed by atoms with van der Waals surface area (Å²) in [5, 5.41) is 3.65. The third kappa shape index (κ3) is 3.27. The van der Waals surface area contributed by atoms with Gasteiger partial charge < -0.3 is 10.2 Å². The third-order valence-corrected chi connectivity index (χ3v) is 4.87.